The summed E-state index contributed by atoms with van der Waals surface area (Å²) in [4.78, 5) is 10.7. The number of carbonyl (C=O) groups excluding carboxylic acids is 1. The SMILES string of the molecule is Cc1cc(C=O)c(CC#N)cc1C. The van der Waals surface area contributed by atoms with Crippen molar-refractivity contribution in [2.75, 3.05) is 0 Å². The topological polar surface area (TPSA) is 40.9 Å². The zero-order chi connectivity index (χ0) is 9.84. The summed E-state index contributed by atoms with van der Waals surface area (Å²) in [5.41, 5.74) is 3.66. The van der Waals surface area contributed by atoms with E-state index in [9.17, 15) is 4.79 Å². The molecule has 0 saturated heterocycles. The number of hydrogen-bond donors (Lipinski definition) is 0. The molecule has 0 amide bonds. The summed E-state index contributed by atoms with van der Waals surface area (Å²) >= 11 is 0. The molecular formula is C11H11NO. The second-order valence-electron chi connectivity index (χ2n) is 3.09. The smallest absolute Gasteiger partial charge is 0.150 e. The third-order valence-corrected chi connectivity index (χ3v) is 2.15. The first kappa shape index (κ1) is 9.47. The van der Waals surface area contributed by atoms with Gasteiger partial charge in [-0.15, -0.1) is 0 Å². The third-order valence-electron chi connectivity index (χ3n) is 2.15. The Labute approximate surface area is 77.8 Å². The third kappa shape index (κ3) is 1.94. The van der Waals surface area contributed by atoms with Gasteiger partial charge in [-0.3, -0.25) is 4.79 Å². The Morgan fingerprint density at radius 1 is 1.38 bits per heavy atom. The Morgan fingerprint density at radius 3 is 2.54 bits per heavy atom. The van der Waals surface area contributed by atoms with E-state index in [1.807, 2.05) is 32.0 Å². The molecule has 1 rings (SSSR count). The number of nitriles is 1. The van der Waals surface area contributed by atoms with E-state index in [1.54, 1.807) is 0 Å². The van der Waals surface area contributed by atoms with Crippen molar-refractivity contribution in [1.29, 1.82) is 5.26 Å². The van der Waals surface area contributed by atoms with Crippen molar-refractivity contribution in [2.45, 2.75) is 20.3 Å². The Balaban J connectivity index is 3.26. The Kier molecular flexibility index (Phi) is 2.81. The molecule has 0 heterocycles. The average molecular weight is 173 g/mol. The van der Waals surface area contributed by atoms with Crippen molar-refractivity contribution in [2.24, 2.45) is 0 Å². The lowest BCUT2D eigenvalue weighted by molar-refractivity contribution is 0.112. The van der Waals surface area contributed by atoms with Crippen molar-refractivity contribution >= 4 is 6.29 Å². The summed E-state index contributed by atoms with van der Waals surface area (Å²) in [6.45, 7) is 3.93. The zero-order valence-electron chi connectivity index (χ0n) is 7.79. The van der Waals surface area contributed by atoms with Gasteiger partial charge >= 0.3 is 0 Å². The van der Waals surface area contributed by atoms with E-state index < -0.39 is 0 Å². The van der Waals surface area contributed by atoms with E-state index in [0.717, 1.165) is 23.0 Å². The van der Waals surface area contributed by atoms with E-state index in [0.29, 0.717) is 12.0 Å². The molecule has 0 aromatic heterocycles. The van der Waals surface area contributed by atoms with Crippen molar-refractivity contribution in [3.63, 3.8) is 0 Å². The van der Waals surface area contributed by atoms with Crippen LogP contribution in [0.3, 0.4) is 0 Å². The number of nitrogens with zero attached hydrogens (tertiary/aromatic N) is 1. The molecule has 0 spiro atoms. The maximum absolute atomic E-state index is 10.7. The Morgan fingerprint density at radius 2 is 2.00 bits per heavy atom. The molecule has 0 fully saturated rings. The quantitative estimate of drug-likeness (QED) is 0.643. The normalized spacial score (nSPS) is 9.31. The summed E-state index contributed by atoms with van der Waals surface area (Å²) < 4.78 is 0. The highest BCUT2D eigenvalue weighted by Crippen LogP contribution is 2.14. The van der Waals surface area contributed by atoms with Crippen molar-refractivity contribution in [1.82, 2.24) is 0 Å². The van der Waals surface area contributed by atoms with Crippen LogP contribution < -0.4 is 0 Å². The molecule has 0 aliphatic rings. The van der Waals surface area contributed by atoms with Crippen molar-refractivity contribution < 1.29 is 4.79 Å². The largest absolute Gasteiger partial charge is 0.298 e. The summed E-state index contributed by atoms with van der Waals surface area (Å²) in [5, 5.41) is 8.53. The van der Waals surface area contributed by atoms with Crippen LogP contribution in [0.5, 0.6) is 0 Å². The molecular weight excluding hydrogens is 162 g/mol. The number of hydrogen-bond acceptors (Lipinski definition) is 2. The number of rotatable bonds is 2. The molecule has 1 aromatic rings. The van der Waals surface area contributed by atoms with Crippen LogP contribution in [0.2, 0.25) is 0 Å². The second kappa shape index (κ2) is 3.86. The lowest BCUT2D eigenvalue weighted by Crippen LogP contribution is -1.94. The fourth-order valence-corrected chi connectivity index (χ4v) is 1.25. The number of aldehydes is 1. The summed E-state index contributed by atoms with van der Waals surface area (Å²) in [5.74, 6) is 0. The molecule has 0 atom stereocenters. The minimum Gasteiger partial charge on any atom is -0.298 e. The van der Waals surface area contributed by atoms with Gasteiger partial charge in [0, 0.05) is 5.56 Å². The highest BCUT2D eigenvalue weighted by molar-refractivity contribution is 5.78. The van der Waals surface area contributed by atoms with Crippen LogP contribution in [0.15, 0.2) is 12.1 Å². The minimum absolute atomic E-state index is 0.301. The van der Waals surface area contributed by atoms with E-state index >= 15 is 0 Å². The van der Waals surface area contributed by atoms with Crippen molar-refractivity contribution in [3.05, 3.63) is 34.4 Å². The zero-order valence-corrected chi connectivity index (χ0v) is 7.79. The van der Waals surface area contributed by atoms with Crippen LogP contribution in [0, 0.1) is 25.2 Å². The molecule has 0 saturated carbocycles. The summed E-state index contributed by atoms with van der Waals surface area (Å²) in [6.07, 6.45) is 1.11. The van der Waals surface area contributed by atoms with Crippen LogP contribution in [-0.2, 0) is 6.42 Å². The maximum atomic E-state index is 10.7. The van der Waals surface area contributed by atoms with Crippen LogP contribution in [-0.4, -0.2) is 6.29 Å². The predicted octanol–water partition coefficient (Wildman–Crippen LogP) is 2.18. The lowest BCUT2D eigenvalue weighted by Gasteiger charge is -2.05. The Hall–Kier alpha value is -1.62. The maximum Gasteiger partial charge on any atom is 0.150 e. The molecule has 2 heteroatoms. The predicted molar refractivity (Wildman–Crippen MR) is 50.6 cm³/mol. The molecule has 0 aliphatic carbocycles. The summed E-state index contributed by atoms with van der Waals surface area (Å²) in [7, 11) is 0. The molecule has 13 heavy (non-hydrogen) atoms. The Bertz CT molecular complexity index is 374. The number of benzene rings is 1. The molecule has 2 nitrogen and oxygen atoms in total. The molecule has 0 aliphatic heterocycles. The van der Waals surface area contributed by atoms with E-state index in [2.05, 4.69) is 0 Å². The van der Waals surface area contributed by atoms with E-state index in [1.165, 1.54) is 0 Å². The number of carbonyl (C=O) groups is 1. The van der Waals surface area contributed by atoms with Crippen LogP contribution in [0.25, 0.3) is 0 Å². The van der Waals surface area contributed by atoms with Gasteiger partial charge in [0.25, 0.3) is 0 Å². The van der Waals surface area contributed by atoms with Gasteiger partial charge in [0.05, 0.1) is 12.5 Å². The van der Waals surface area contributed by atoms with Gasteiger partial charge in [0.15, 0.2) is 0 Å². The molecule has 66 valence electrons. The van der Waals surface area contributed by atoms with Crippen LogP contribution >= 0.6 is 0 Å². The second-order valence-corrected chi connectivity index (χ2v) is 3.09. The number of aryl methyl sites for hydroxylation is 2. The standard InChI is InChI=1S/C11H11NO/c1-8-5-10(3-4-12)11(7-13)6-9(8)2/h5-7H,3H2,1-2H3. The average Bonchev–Trinajstić information content (AvgIpc) is 2.11. The molecule has 0 radical (unpaired) electrons. The van der Waals surface area contributed by atoms with Gasteiger partial charge in [-0.25, -0.2) is 0 Å². The highest BCUT2D eigenvalue weighted by Gasteiger charge is 2.03. The first-order valence-electron chi connectivity index (χ1n) is 4.11. The van der Waals surface area contributed by atoms with Gasteiger partial charge in [-0.1, -0.05) is 6.07 Å². The van der Waals surface area contributed by atoms with Gasteiger partial charge in [0.1, 0.15) is 6.29 Å². The van der Waals surface area contributed by atoms with Gasteiger partial charge in [0.2, 0.25) is 0 Å². The van der Waals surface area contributed by atoms with Crippen LogP contribution in [0.1, 0.15) is 27.0 Å². The van der Waals surface area contributed by atoms with E-state index in [-0.39, 0.29) is 0 Å². The monoisotopic (exact) mass is 173 g/mol. The highest BCUT2D eigenvalue weighted by atomic mass is 16.1. The first-order valence-corrected chi connectivity index (χ1v) is 4.11. The molecule has 0 bridgehead atoms. The molecule has 1 aromatic carbocycles. The van der Waals surface area contributed by atoms with Crippen molar-refractivity contribution in [3.8, 4) is 6.07 Å². The van der Waals surface area contributed by atoms with Gasteiger partial charge in [-0.05, 0) is 36.6 Å². The van der Waals surface area contributed by atoms with Crippen LogP contribution in [0.4, 0.5) is 0 Å². The van der Waals surface area contributed by atoms with E-state index in [4.69, 9.17) is 5.26 Å². The van der Waals surface area contributed by atoms with Gasteiger partial charge < -0.3 is 0 Å². The lowest BCUT2D eigenvalue weighted by atomic mass is 9.99. The fourth-order valence-electron chi connectivity index (χ4n) is 1.25. The molecule has 0 unspecified atom stereocenters. The molecule has 0 N–H and O–H groups in total. The summed E-state index contributed by atoms with van der Waals surface area (Å²) in [6, 6.07) is 5.78. The fraction of sp³-hybridized carbons (Fsp3) is 0.273. The minimum atomic E-state index is 0.301. The first-order chi connectivity index (χ1) is 6.19. The van der Waals surface area contributed by atoms with Gasteiger partial charge in [-0.2, -0.15) is 5.26 Å².